The molecule has 0 saturated heterocycles. The van der Waals surface area contributed by atoms with Gasteiger partial charge in [-0.15, -0.1) is 0 Å². The lowest BCUT2D eigenvalue weighted by Gasteiger charge is -2.42. The maximum absolute atomic E-state index is 7.45. The van der Waals surface area contributed by atoms with Gasteiger partial charge in [-0.25, -0.2) is 0 Å². The predicted molar refractivity (Wildman–Crippen MR) is 290 cm³/mol. The summed E-state index contributed by atoms with van der Waals surface area (Å²) in [5.74, 6) is 1.62. The molecule has 0 atom stereocenters. The van der Waals surface area contributed by atoms with E-state index in [9.17, 15) is 0 Å². The van der Waals surface area contributed by atoms with E-state index in [1.54, 1.807) is 0 Å². The van der Waals surface area contributed by atoms with Crippen molar-refractivity contribution in [3.05, 3.63) is 229 Å². The van der Waals surface area contributed by atoms with Crippen LogP contribution in [0.4, 0.5) is 17.1 Å². The second-order valence-corrected chi connectivity index (χ2v) is 19.8. The third kappa shape index (κ3) is 6.81. The molecule has 10 aromatic carbocycles. The Morgan fingerprint density at radius 1 is 0.449 bits per heavy atom. The van der Waals surface area contributed by atoms with Crippen LogP contribution in [0.1, 0.15) is 26.3 Å². The molecule has 69 heavy (non-hydrogen) atoms. The van der Waals surface area contributed by atoms with Crippen molar-refractivity contribution in [2.75, 3.05) is 4.90 Å². The smallest absolute Gasteiger partial charge is 0.256 e. The number of furan rings is 1. The molecular weight excluding hydrogens is 861 g/mol. The van der Waals surface area contributed by atoms with Crippen molar-refractivity contribution in [1.82, 2.24) is 0 Å². The van der Waals surface area contributed by atoms with Gasteiger partial charge in [-0.1, -0.05) is 208 Å². The van der Waals surface area contributed by atoms with Gasteiger partial charge in [-0.2, -0.15) is 0 Å². The standard InChI is InChI=1S/C64H45BClNO2/c1-64(2,3)46-30-28-40(29-31-46)45-34-57-60-59(35-45)69-62-53(44-24-14-7-15-25-44)36-47(66)37-55(62)65(60)54-38-51(42-20-10-5-11-21-42)52(43-22-12-6-13-23-43)39-56(54)67(57)61-48(41-18-8-4-9-19-41)32-33-50-49-26-16-17-27-58(49)68-63(50)61/h4-39H,1-3H3. The number of ether oxygens (including phenoxy) is 1. The molecule has 0 unspecified atom stereocenters. The van der Waals surface area contributed by atoms with E-state index in [-0.39, 0.29) is 12.1 Å². The monoisotopic (exact) mass is 905 g/mol. The predicted octanol–water partition coefficient (Wildman–Crippen LogP) is 16.3. The fourth-order valence-corrected chi connectivity index (χ4v) is 11.1. The number of para-hydroxylation sites is 1. The molecule has 0 radical (unpaired) electrons. The highest BCUT2D eigenvalue weighted by atomic mass is 35.5. The van der Waals surface area contributed by atoms with Gasteiger partial charge >= 0.3 is 0 Å². The first kappa shape index (κ1) is 41.2. The Kier molecular flexibility index (Phi) is 9.57. The van der Waals surface area contributed by atoms with Crippen molar-refractivity contribution in [1.29, 1.82) is 0 Å². The van der Waals surface area contributed by atoms with Crippen LogP contribution in [0.25, 0.3) is 77.6 Å². The molecule has 2 aliphatic rings. The molecule has 328 valence electrons. The minimum Gasteiger partial charge on any atom is -0.458 e. The van der Waals surface area contributed by atoms with Crippen molar-refractivity contribution in [3.63, 3.8) is 0 Å². The number of rotatable bonds is 6. The zero-order valence-electron chi connectivity index (χ0n) is 38.5. The number of benzene rings is 10. The molecule has 3 heterocycles. The number of halogens is 1. The third-order valence-corrected chi connectivity index (χ3v) is 14.4. The summed E-state index contributed by atoms with van der Waals surface area (Å²) in [6.45, 7) is 6.53. The van der Waals surface area contributed by atoms with Crippen molar-refractivity contribution in [2.24, 2.45) is 0 Å². The van der Waals surface area contributed by atoms with Gasteiger partial charge in [-0.05, 0) is 114 Å². The summed E-state index contributed by atoms with van der Waals surface area (Å²) in [4.78, 5) is 2.49. The molecule has 0 bridgehead atoms. The number of hydrogen-bond acceptors (Lipinski definition) is 3. The van der Waals surface area contributed by atoms with Crippen LogP contribution in [0.5, 0.6) is 11.5 Å². The number of nitrogens with zero attached hydrogens (tertiary/aromatic N) is 1. The molecule has 0 spiro atoms. The molecule has 0 amide bonds. The molecule has 5 heteroatoms. The van der Waals surface area contributed by atoms with E-state index in [2.05, 4.69) is 238 Å². The van der Waals surface area contributed by atoms with Crippen LogP contribution in [0.2, 0.25) is 5.02 Å². The van der Waals surface area contributed by atoms with Crippen LogP contribution in [0.3, 0.4) is 0 Å². The minimum atomic E-state index is -0.259. The van der Waals surface area contributed by atoms with Gasteiger partial charge in [-0.3, -0.25) is 0 Å². The van der Waals surface area contributed by atoms with E-state index in [1.807, 2.05) is 6.07 Å². The Balaban J connectivity index is 1.20. The summed E-state index contributed by atoms with van der Waals surface area (Å²) < 4.78 is 14.6. The van der Waals surface area contributed by atoms with Gasteiger partial charge in [0.05, 0.1) is 5.69 Å². The fourth-order valence-electron chi connectivity index (χ4n) is 10.8. The summed E-state index contributed by atoms with van der Waals surface area (Å²) in [6.07, 6.45) is 0. The molecule has 0 N–H and O–H groups in total. The van der Waals surface area contributed by atoms with E-state index in [4.69, 9.17) is 20.8 Å². The van der Waals surface area contributed by atoms with Gasteiger partial charge in [0.2, 0.25) is 0 Å². The maximum Gasteiger partial charge on any atom is 0.256 e. The van der Waals surface area contributed by atoms with Crippen LogP contribution >= 0.6 is 11.6 Å². The van der Waals surface area contributed by atoms with Gasteiger partial charge in [0.15, 0.2) is 5.58 Å². The molecule has 0 aliphatic carbocycles. The summed E-state index contributed by atoms with van der Waals surface area (Å²) in [5, 5.41) is 2.78. The molecule has 1 aromatic heterocycles. The van der Waals surface area contributed by atoms with E-state index in [1.165, 1.54) is 5.56 Å². The third-order valence-electron chi connectivity index (χ3n) is 14.1. The Labute approximate surface area is 407 Å². The first-order valence-corrected chi connectivity index (χ1v) is 24.1. The zero-order valence-corrected chi connectivity index (χ0v) is 39.3. The van der Waals surface area contributed by atoms with E-state index >= 15 is 0 Å². The van der Waals surface area contributed by atoms with Crippen LogP contribution in [0, 0.1) is 0 Å². The normalized spacial score (nSPS) is 12.7. The average molecular weight is 906 g/mol. The van der Waals surface area contributed by atoms with Crippen LogP contribution in [-0.4, -0.2) is 6.71 Å². The summed E-state index contributed by atoms with van der Waals surface area (Å²) in [5.41, 5.74) is 20.1. The van der Waals surface area contributed by atoms with Crippen LogP contribution < -0.4 is 26.0 Å². The number of anilines is 3. The van der Waals surface area contributed by atoms with Gasteiger partial charge < -0.3 is 14.1 Å². The highest BCUT2D eigenvalue weighted by molar-refractivity contribution is 6.99. The lowest BCUT2D eigenvalue weighted by atomic mass is 9.33. The Bertz CT molecular complexity index is 3790. The minimum absolute atomic E-state index is 0.00418. The first-order chi connectivity index (χ1) is 33.8. The second kappa shape index (κ2) is 16.0. The van der Waals surface area contributed by atoms with Crippen LogP contribution in [0.15, 0.2) is 223 Å². The summed E-state index contributed by atoms with van der Waals surface area (Å²) >= 11 is 7.29. The highest BCUT2D eigenvalue weighted by Crippen LogP contribution is 2.52. The average Bonchev–Trinajstić information content (AvgIpc) is 3.78. The lowest BCUT2D eigenvalue weighted by Crippen LogP contribution is -2.59. The van der Waals surface area contributed by atoms with E-state index in [0.29, 0.717) is 5.02 Å². The number of fused-ring (bicyclic) bond motifs is 7. The maximum atomic E-state index is 7.45. The van der Waals surface area contributed by atoms with Crippen molar-refractivity contribution >= 4 is 73.7 Å². The summed E-state index contributed by atoms with van der Waals surface area (Å²) in [7, 11) is 0. The molecule has 0 saturated carbocycles. The van der Waals surface area contributed by atoms with Crippen molar-refractivity contribution < 1.29 is 9.15 Å². The second-order valence-electron chi connectivity index (χ2n) is 19.3. The Hall–Kier alpha value is -8.05. The van der Waals surface area contributed by atoms with E-state index in [0.717, 1.165) is 123 Å². The van der Waals surface area contributed by atoms with Crippen molar-refractivity contribution in [3.8, 4) is 67.1 Å². The lowest BCUT2D eigenvalue weighted by molar-refractivity contribution is 0.489. The van der Waals surface area contributed by atoms with Gasteiger partial charge in [0.1, 0.15) is 17.1 Å². The molecular formula is C64H45BClNO2. The van der Waals surface area contributed by atoms with Crippen molar-refractivity contribution in [2.45, 2.75) is 26.2 Å². The first-order valence-electron chi connectivity index (χ1n) is 23.7. The Morgan fingerprint density at radius 3 is 1.67 bits per heavy atom. The highest BCUT2D eigenvalue weighted by Gasteiger charge is 2.45. The van der Waals surface area contributed by atoms with Gasteiger partial charge in [0, 0.05) is 38.3 Å². The van der Waals surface area contributed by atoms with Crippen LogP contribution in [-0.2, 0) is 5.41 Å². The fraction of sp³-hybridized carbons (Fsp3) is 0.0625. The summed E-state index contributed by atoms with van der Waals surface area (Å²) in [6, 6.07) is 78.3. The molecule has 0 fully saturated rings. The number of hydrogen-bond donors (Lipinski definition) is 0. The SMILES string of the molecule is CC(C)(C)c1ccc(-c2cc3c4c(c2)N(c2c(-c5ccccc5)ccc5c2oc2ccccc25)c2cc(-c5ccccc5)c(-c5ccccc5)cc2B4c2cc(Cl)cc(-c4ccccc4)c2O3)cc1. The molecule has 13 rings (SSSR count). The van der Waals surface area contributed by atoms with E-state index < -0.39 is 0 Å². The Morgan fingerprint density at radius 2 is 1.03 bits per heavy atom. The molecule has 2 aliphatic heterocycles. The molecule has 3 nitrogen and oxygen atoms in total. The topological polar surface area (TPSA) is 25.6 Å². The molecule has 11 aromatic rings. The van der Waals surface area contributed by atoms with Gasteiger partial charge in [0.25, 0.3) is 6.71 Å². The largest absolute Gasteiger partial charge is 0.458 e. The zero-order chi connectivity index (χ0) is 46.4. The quantitative estimate of drug-likeness (QED) is 0.156.